The van der Waals surface area contributed by atoms with Crippen molar-refractivity contribution >= 4 is 40.9 Å². The summed E-state index contributed by atoms with van der Waals surface area (Å²) in [5.41, 5.74) is 14.6. The number of hydrazine groups is 1. The standard InChI is InChI=1S/C38H46FN7O6S/c1-20-31(53-19-41-20)23-8-6-22(7-9-23)28(17-30(48)44-45-33(49)24-10-5-21-11-12-27(40)26(21)15-24)42-34(50)29-16-25(47)18-46(29)35(51)32(37(2,3)4)43-36(52)38(39)13-14-38/h5-10,15,19,25,27-29,32,47H,11-14,16-18,40H2,1-4H3,(H,42,50)(H,43,52)(H,44,48)(H,45,49)/t25-,27-,28+,29+,32-/m1/s1. The van der Waals surface area contributed by atoms with Crippen LogP contribution in [0, 0.1) is 12.3 Å². The predicted molar refractivity (Wildman–Crippen MR) is 196 cm³/mol. The molecule has 6 rings (SSSR count). The van der Waals surface area contributed by atoms with E-state index >= 15 is 0 Å². The Morgan fingerprint density at radius 1 is 1.08 bits per heavy atom. The number of aryl methyl sites for hydroxylation is 2. The molecular weight excluding hydrogens is 702 g/mol. The molecule has 2 fully saturated rings. The highest BCUT2D eigenvalue weighted by Crippen LogP contribution is 2.40. The Balaban J connectivity index is 1.19. The molecule has 1 aliphatic heterocycles. The fraction of sp³-hybridized carbons (Fsp3) is 0.474. The third-order valence-corrected chi connectivity index (χ3v) is 11.2. The van der Waals surface area contributed by atoms with Crippen molar-refractivity contribution in [3.63, 3.8) is 0 Å². The highest BCUT2D eigenvalue weighted by molar-refractivity contribution is 7.13. The maximum atomic E-state index is 14.6. The van der Waals surface area contributed by atoms with Crippen LogP contribution >= 0.6 is 11.3 Å². The van der Waals surface area contributed by atoms with Crippen molar-refractivity contribution in [3.8, 4) is 10.4 Å². The lowest BCUT2D eigenvalue weighted by atomic mass is 9.85. The molecule has 53 heavy (non-hydrogen) atoms. The zero-order chi connectivity index (χ0) is 38.2. The van der Waals surface area contributed by atoms with Gasteiger partial charge in [-0.1, -0.05) is 51.1 Å². The number of benzene rings is 2. The Kier molecular flexibility index (Phi) is 10.7. The number of carbonyl (C=O) groups excluding carboxylic acids is 5. The molecule has 0 radical (unpaired) electrons. The average Bonchev–Trinajstić information content (AvgIpc) is 3.39. The molecule has 1 aromatic heterocycles. The third-order valence-electron chi connectivity index (χ3n) is 10.2. The number of carbonyl (C=O) groups is 5. The number of fused-ring (bicyclic) bond motifs is 1. The Morgan fingerprint density at radius 3 is 2.43 bits per heavy atom. The number of aromatic nitrogens is 1. The number of halogens is 1. The summed E-state index contributed by atoms with van der Waals surface area (Å²) >= 11 is 1.48. The summed E-state index contributed by atoms with van der Waals surface area (Å²) in [7, 11) is 0. The molecule has 3 aliphatic rings. The number of aliphatic hydroxyl groups is 1. The first kappa shape index (κ1) is 38.0. The normalized spacial score (nSPS) is 21.3. The number of nitrogens with two attached hydrogens (primary N) is 1. The van der Waals surface area contributed by atoms with Crippen LogP contribution in [-0.2, 0) is 25.6 Å². The summed E-state index contributed by atoms with van der Waals surface area (Å²) in [6.07, 6.45) is 0.379. The SMILES string of the molecule is Cc1ncsc1-c1ccc([C@H](CC(=O)NNC(=O)c2ccc3c(c2)[C@H](N)CC3)NC(=O)[C@@H]2C[C@@H](O)CN2C(=O)[C@@H](NC(=O)C2(F)CC2)C(C)(C)C)cc1. The Bertz CT molecular complexity index is 1910. The summed E-state index contributed by atoms with van der Waals surface area (Å²) in [6, 6.07) is 9.15. The maximum Gasteiger partial charge on any atom is 0.269 e. The van der Waals surface area contributed by atoms with Crippen molar-refractivity contribution in [2.24, 2.45) is 11.1 Å². The van der Waals surface area contributed by atoms with E-state index in [0.717, 1.165) is 40.1 Å². The van der Waals surface area contributed by atoms with E-state index < -0.39 is 64.8 Å². The molecule has 15 heteroatoms. The highest BCUT2D eigenvalue weighted by Gasteiger charge is 2.53. The molecule has 2 aliphatic carbocycles. The molecule has 2 heterocycles. The number of hydrogen-bond acceptors (Lipinski definition) is 9. The van der Waals surface area contributed by atoms with Gasteiger partial charge in [0.25, 0.3) is 11.8 Å². The van der Waals surface area contributed by atoms with Crippen LogP contribution in [0.4, 0.5) is 4.39 Å². The summed E-state index contributed by atoms with van der Waals surface area (Å²) in [5.74, 6) is -3.25. The van der Waals surface area contributed by atoms with Crippen molar-refractivity contribution in [1.29, 1.82) is 0 Å². The van der Waals surface area contributed by atoms with Gasteiger partial charge in [0.05, 0.1) is 34.6 Å². The number of aliphatic hydroxyl groups excluding tert-OH is 1. The number of hydrogen-bond donors (Lipinski definition) is 6. The third kappa shape index (κ3) is 8.42. The van der Waals surface area contributed by atoms with Gasteiger partial charge in [0, 0.05) is 24.6 Å². The van der Waals surface area contributed by atoms with Gasteiger partial charge in [-0.25, -0.2) is 9.37 Å². The van der Waals surface area contributed by atoms with E-state index in [4.69, 9.17) is 5.73 Å². The maximum absolute atomic E-state index is 14.6. The van der Waals surface area contributed by atoms with E-state index in [1.165, 1.54) is 16.2 Å². The molecule has 1 saturated carbocycles. The molecule has 13 nitrogen and oxygen atoms in total. The van der Waals surface area contributed by atoms with E-state index in [1.807, 2.05) is 25.1 Å². The second-order valence-corrected chi connectivity index (χ2v) is 16.2. The fourth-order valence-electron chi connectivity index (χ4n) is 6.89. The minimum absolute atomic E-state index is 0.0729. The zero-order valence-electron chi connectivity index (χ0n) is 30.2. The van der Waals surface area contributed by atoms with E-state index in [9.17, 15) is 33.5 Å². The number of alkyl halides is 1. The van der Waals surface area contributed by atoms with Crippen LogP contribution in [0.1, 0.15) is 97.7 Å². The largest absolute Gasteiger partial charge is 0.391 e. The fourth-order valence-corrected chi connectivity index (χ4v) is 7.71. The number of rotatable bonds is 10. The molecule has 7 N–H and O–H groups in total. The van der Waals surface area contributed by atoms with Crippen molar-refractivity contribution < 1.29 is 33.5 Å². The minimum Gasteiger partial charge on any atom is -0.391 e. The van der Waals surface area contributed by atoms with E-state index in [-0.39, 0.29) is 38.3 Å². The van der Waals surface area contributed by atoms with E-state index in [2.05, 4.69) is 26.5 Å². The number of likely N-dealkylation sites (tertiary alicyclic amines) is 1. The summed E-state index contributed by atoms with van der Waals surface area (Å²) < 4.78 is 14.6. The van der Waals surface area contributed by atoms with Gasteiger partial charge in [-0.2, -0.15) is 0 Å². The topological polar surface area (TPSA) is 196 Å². The molecule has 0 bridgehead atoms. The molecule has 0 spiro atoms. The van der Waals surface area contributed by atoms with Crippen molar-refractivity contribution in [2.75, 3.05) is 6.54 Å². The van der Waals surface area contributed by atoms with Gasteiger partial charge >= 0.3 is 0 Å². The Morgan fingerprint density at radius 2 is 1.79 bits per heavy atom. The lowest BCUT2D eigenvalue weighted by Crippen LogP contribution is -2.59. The molecule has 5 amide bonds. The van der Waals surface area contributed by atoms with Gasteiger partial charge in [-0.3, -0.25) is 34.8 Å². The van der Waals surface area contributed by atoms with Crippen molar-refractivity contribution in [1.82, 2.24) is 31.4 Å². The first-order valence-electron chi connectivity index (χ1n) is 17.8. The molecule has 2 aromatic carbocycles. The van der Waals surface area contributed by atoms with E-state index in [0.29, 0.717) is 11.1 Å². The van der Waals surface area contributed by atoms with Crippen molar-refractivity contribution in [3.05, 3.63) is 75.9 Å². The van der Waals surface area contributed by atoms with Crippen LogP contribution in [0.15, 0.2) is 48.0 Å². The number of thiazole rings is 1. The molecule has 3 aromatic rings. The summed E-state index contributed by atoms with van der Waals surface area (Å²) in [5, 5.41) is 16.1. The van der Waals surface area contributed by atoms with Crippen LogP contribution in [0.3, 0.4) is 0 Å². The van der Waals surface area contributed by atoms with Crippen LogP contribution in [-0.4, -0.2) is 74.9 Å². The van der Waals surface area contributed by atoms with E-state index in [1.54, 1.807) is 50.5 Å². The molecule has 282 valence electrons. The Hall–Kier alpha value is -4.73. The van der Waals surface area contributed by atoms with Gasteiger partial charge in [-0.05, 0) is 72.4 Å². The summed E-state index contributed by atoms with van der Waals surface area (Å²) in [4.78, 5) is 73.5. The lowest BCUT2D eigenvalue weighted by Gasteiger charge is -2.36. The molecule has 5 atom stereocenters. The zero-order valence-corrected chi connectivity index (χ0v) is 31.0. The van der Waals surface area contributed by atoms with Gasteiger partial charge < -0.3 is 26.4 Å². The average molecular weight is 748 g/mol. The van der Waals surface area contributed by atoms with Gasteiger partial charge in [0.2, 0.25) is 17.7 Å². The number of amides is 5. The van der Waals surface area contributed by atoms with Crippen LogP contribution in [0.5, 0.6) is 0 Å². The summed E-state index contributed by atoms with van der Waals surface area (Å²) in [6.45, 7) is 6.89. The van der Waals surface area contributed by atoms with Crippen LogP contribution in [0.2, 0.25) is 0 Å². The van der Waals surface area contributed by atoms with Crippen LogP contribution in [0.25, 0.3) is 10.4 Å². The number of nitrogens with zero attached hydrogens (tertiary/aromatic N) is 2. The molecule has 1 saturated heterocycles. The smallest absolute Gasteiger partial charge is 0.269 e. The Labute approximate surface area is 311 Å². The van der Waals surface area contributed by atoms with Crippen molar-refractivity contribution in [2.45, 2.75) is 102 Å². The second kappa shape index (κ2) is 15.0. The van der Waals surface area contributed by atoms with Gasteiger partial charge in [0.15, 0.2) is 5.67 Å². The highest BCUT2D eigenvalue weighted by atomic mass is 32.1. The van der Waals surface area contributed by atoms with Gasteiger partial charge in [0.1, 0.15) is 12.1 Å². The predicted octanol–water partition coefficient (Wildman–Crippen LogP) is 3.07. The first-order chi connectivity index (χ1) is 25.0. The first-order valence-corrected chi connectivity index (χ1v) is 18.7. The molecular formula is C38H46FN7O6S. The number of β-amino-alcohol motifs (C(OH)–C–C–N with tert-alkyl or cyclic N) is 1. The monoisotopic (exact) mass is 747 g/mol. The lowest BCUT2D eigenvalue weighted by molar-refractivity contribution is -0.145. The molecule has 0 unspecified atom stereocenters. The minimum atomic E-state index is -2.01. The van der Waals surface area contributed by atoms with Crippen LogP contribution < -0.4 is 27.2 Å². The second-order valence-electron chi connectivity index (χ2n) is 15.3. The number of nitrogens with one attached hydrogen (secondary N) is 4. The quantitative estimate of drug-likeness (QED) is 0.170. The van der Waals surface area contributed by atoms with Gasteiger partial charge in [-0.15, -0.1) is 11.3 Å².